The Kier molecular flexibility index (Phi) is 4.19. The molecule has 1 unspecified atom stereocenters. The highest BCUT2D eigenvalue weighted by molar-refractivity contribution is 5.47. The van der Waals surface area contributed by atoms with Crippen LogP contribution in [0.1, 0.15) is 61.8 Å². The minimum absolute atomic E-state index is 0.0506. The average molecular weight is 262 g/mol. The lowest BCUT2D eigenvalue weighted by molar-refractivity contribution is 0.0220. The van der Waals surface area contributed by atoms with Crippen molar-refractivity contribution < 1.29 is 9.84 Å². The molecule has 19 heavy (non-hydrogen) atoms. The number of ether oxygens (including phenoxy) is 1. The minimum Gasteiger partial charge on any atom is -0.496 e. The summed E-state index contributed by atoms with van der Waals surface area (Å²) < 4.78 is 5.57. The predicted molar refractivity (Wildman–Crippen MR) is 78.6 cm³/mol. The van der Waals surface area contributed by atoms with E-state index in [4.69, 9.17) is 4.74 Å². The monoisotopic (exact) mass is 262 g/mol. The fourth-order valence-corrected chi connectivity index (χ4v) is 3.53. The third-order valence-electron chi connectivity index (χ3n) is 5.09. The predicted octanol–water partition coefficient (Wildman–Crippen LogP) is 4.32. The molecule has 0 aliphatic heterocycles. The molecule has 1 atom stereocenters. The molecule has 1 aliphatic carbocycles. The second-order valence-corrected chi connectivity index (χ2v) is 5.96. The van der Waals surface area contributed by atoms with Crippen LogP contribution in [-0.2, 0) is 0 Å². The Morgan fingerprint density at radius 1 is 1.26 bits per heavy atom. The van der Waals surface area contributed by atoms with E-state index < -0.39 is 6.10 Å². The highest BCUT2D eigenvalue weighted by Crippen LogP contribution is 2.51. The van der Waals surface area contributed by atoms with Crippen molar-refractivity contribution in [1.82, 2.24) is 0 Å². The molecule has 2 rings (SSSR count). The molecule has 0 bridgehead atoms. The van der Waals surface area contributed by atoms with Crippen LogP contribution < -0.4 is 4.74 Å². The summed E-state index contributed by atoms with van der Waals surface area (Å²) >= 11 is 0. The van der Waals surface area contributed by atoms with Gasteiger partial charge in [-0.1, -0.05) is 31.9 Å². The molecule has 2 nitrogen and oxygen atoms in total. The van der Waals surface area contributed by atoms with Crippen LogP contribution in [0.3, 0.4) is 0 Å². The molecule has 0 radical (unpaired) electrons. The molecular formula is C17H26O2. The van der Waals surface area contributed by atoms with E-state index in [1.165, 1.54) is 18.4 Å². The third-order valence-corrected chi connectivity index (χ3v) is 5.09. The lowest BCUT2D eigenvalue weighted by Crippen LogP contribution is -2.25. The van der Waals surface area contributed by atoms with Crippen molar-refractivity contribution in [3.63, 3.8) is 0 Å². The van der Waals surface area contributed by atoms with Crippen molar-refractivity contribution in [2.45, 2.75) is 59.0 Å². The van der Waals surface area contributed by atoms with Gasteiger partial charge in [-0.15, -0.1) is 0 Å². The average Bonchev–Trinajstić information content (AvgIpc) is 2.91. The van der Waals surface area contributed by atoms with E-state index in [-0.39, 0.29) is 5.41 Å². The maximum Gasteiger partial charge on any atom is 0.127 e. The van der Waals surface area contributed by atoms with Crippen LogP contribution >= 0.6 is 0 Å². The van der Waals surface area contributed by atoms with Crippen LogP contribution in [0.25, 0.3) is 0 Å². The largest absolute Gasteiger partial charge is 0.496 e. The van der Waals surface area contributed by atoms with Gasteiger partial charge in [0.2, 0.25) is 0 Å². The van der Waals surface area contributed by atoms with E-state index in [9.17, 15) is 5.11 Å². The molecule has 1 saturated carbocycles. The van der Waals surface area contributed by atoms with Gasteiger partial charge in [0, 0.05) is 11.0 Å². The van der Waals surface area contributed by atoms with Crippen LogP contribution in [0, 0.1) is 19.3 Å². The molecule has 1 aromatic carbocycles. The maximum atomic E-state index is 10.9. The van der Waals surface area contributed by atoms with Gasteiger partial charge in [0.1, 0.15) is 5.75 Å². The van der Waals surface area contributed by atoms with Crippen LogP contribution in [0.2, 0.25) is 0 Å². The molecule has 0 aromatic heterocycles. The first-order valence-corrected chi connectivity index (χ1v) is 7.38. The summed E-state index contributed by atoms with van der Waals surface area (Å²) in [6.45, 7) is 6.35. The Morgan fingerprint density at radius 3 is 2.42 bits per heavy atom. The summed E-state index contributed by atoms with van der Waals surface area (Å²) in [6.07, 6.45) is 5.34. The smallest absolute Gasteiger partial charge is 0.127 e. The summed E-state index contributed by atoms with van der Waals surface area (Å²) in [4.78, 5) is 0. The fourth-order valence-electron chi connectivity index (χ4n) is 3.53. The van der Waals surface area contributed by atoms with E-state index in [1.54, 1.807) is 7.11 Å². The molecule has 0 saturated heterocycles. The summed E-state index contributed by atoms with van der Waals surface area (Å²) in [7, 11) is 1.70. The molecular weight excluding hydrogens is 236 g/mol. The molecule has 2 heteroatoms. The van der Waals surface area contributed by atoms with Crippen LogP contribution in [0.4, 0.5) is 0 Å². The van der Waals surface area contributed by atoms with Crippen molar-refractivity contribution in [1.29, 1.82) is 0 Å². The van der Waals surface area contributed by atoms with Gasteiger partial charge in [0.15, 0.2) is 0 Å². The van der Waals surface area contributed by atoms with Gasteiger partial charge in [-0.2, -0.15) is 0 Å². The van der Waals surface area contributed by atoms with Crippen molar-refractivity contribution in [3.05, 3.63) is 28.8 Å². The quantitative estimate of drug-likeness (QED) is 0.876. The van der Waals surface area contributed by atoms with Gasteiger partial charge in [0.25, 0.3) is 0 Å². The molecule has 0 amide bonds. The number of rotatable bonds is 4. The number of aliphatic hydroxyl groups is 1. The second kappa shape index (κ2) is 5.54. The molecule has 0 spiro atoms. The number of methoxy groups -OCH3 is 1. The van der Waals surface area contributed by atoms with Gasteiger partial charge in [-0.3, -0.25) is 0 Å². The van der Waals surface area contributed by atoms with Crippen molar-refractivity contribution in [2.24, 2.45) is 5.41 Å². The lowest BCUT2D eigenvalue weighted by atomic mass is 9.74. The van der Waals surface area contributed by atoms with Gasteiger partial charge in [0.05, 0.1) is 13.2 Å². The van der Waals surface area contributed by atoms with E-state index in [1.807, 2.05) is 6.07 Å². The number of benzene rings is 1. The Labute approximate surface area is 116 Å². The molecule has 106 valence electrons. The van der Waals surface area contributed by atoms with Crippen LogP contribution in [-0.4, -0.2) is 12.2 Å². The fraction of sp³-hybridized carbons (Fsp3) is 0.647. The van der Waals surface area contributed by atoms with Crippen molar-refractivity contribution >= 4 is 0 Å². The molecule has 1 fully saturated rings. The van der Waals surface area contributed by atoms with Gasteiger partial charge >= 0.3 is 0 Å². The number of hydrogen-bond acceptors (Lipinski definition) is 2. The van der Waals surface area contributed by atoms with Gasteiger partial charge in [-0.25, -0.2) is 0 Å². The van der Waals surface area contributed by atoms with Gasteiger partial charge < -0.3 is 9.84 Å². The second-order valence-electron chi connectivity index (χ2n) is 5.96. The van der Waals surface area contributed by atoms with E-state index in [0.717, 1.165) is 36.1 Å². The number of hydrogen-bond donors (Lipinski definition) is 1. The Hall–Kier alpha value is -1.02. The Balaban J connectivity index is 2.43. The van der Waals surface area contributed by atoms with Crippen LogP contribution in [0.15, 0.2) is 12.1 Å². The minimum atomic E-state index is -0.408. The first-order valence-electron chi connectivity index (χ1n) is 7.38. The normalized spacial score (nSPS) is 19.4. The molecule has 1 aromatic rings. The van der Waals surface area contributed by atoms with E-state index >= 15 is 0 Å². The van der Waals surface area contributed by atoms with Crippen molar-refractivity contribution in [3.8, 4) is 5.75 Å². The lowest BCUT2D eigenvalue weighted by Gasteiger charge is -2.34. The Bertz CT molecular complexity index is 445. The first kappa shape index (κ1) is 14.4. The standard InChI is InChI=1S/C17H26O2/c1-5-17(10-6-7-11-17)16(18)14-9-8-12(2)13(3)15(14)19-4/h8-9,16,18H,5-7,10-11H2,1-4H3. The molecule has 1 aliphatic rings. The zero-order valence-electron chi connectivity index (χ0n) is 12.6. The highest BCUT2D eigenvalue weighted by Gasteiger charge is 2.40. The Morgan fingerprint density at radius 2 is 1.89 bits per heavy atom. The first-order chi connectivity index (χ1) is 9.05. The highest BCUT2D eigenvalue weighted by atomic mass is 16.5. The summed E-state index contributed by atoms with van der Waals surface area (Å²) in [5.41, 5.74) is 3.37. The van der Waals surface area contributed by atoms with Gasteiger partial charge in [-0.05, 0) is 44.2 Å². The SMILES string of the molecule is CCC1(C(O)c2ccc(C)c(C)c2OC)CCCC1. The zero-order valence-corrected chi connectivity index (χ0v) is 12.6. The van der Waals surface area contributed by atoms with Crippen LogP contribution in [0.5, 0.6) is 5.75 Å². The molecule has 0 heterocycles. The van der Waals surface area contributed by atoms with E-state index in [0.29, 0.717) is 0 Å². The topological polar surface area (TPSA) is 29.5 Å². The van der Waals surface area contributed by atoms with Crippen molar-refractivity contribution in [2.75, 3.05) is 7.11 Å². The number of aryl methyl sites for hydroxylation is 1. The molecule has 1 N–H and O–H groups in total. The number of aliphatic hydroxyl groups excluding tert-OH is 1. The summed E-state index contributed by atoms with van der Waals surface area (Å²) in [5, 5.41) is 10.9. The maximum absolute atomic E-state index is 10.9. The zero-order chi connectivity index (χ0) is 14.0. The third kappa shape index (κ3) is 2.38. The van der Waals surface area contributed by atoms with E-state index in [2.05, 4.69) is 26.8 Å². The summed E-state index contributed by atoms with van der Waals surface area (Å²) in [5.74, 6) is 0.868. The summed E-state index contributed by atoms with van der Waals surface area (Å²) in [6, 6.07) is 4.14.